The highest BCUT2D eigenvalue weighted by Gasteiger charge is 2.32. The van der Waals surface area contributed by atoms with E-state index >= 15 is 0 Å². The topological polar surface area (TPSA) is 319 Å². The fourth-order valence-electron chi connectivity index (χ4n) is 5.31. The second-order valence-corrected chi connectivity index (χ2v) is 14.7. The zero-order valence-corrected chi connectivity index (χ0v) is 33.6. The Labute approximate surface area is 331 Å². The number of nitrogens with zero attached hydrogens (tertiary/aromatic N) is 1. The third-order valence-electron chi connectivity index (χ3n) is 8.20. The van der Waals surface area contributed by atoms with Crippen LogP contribution in [-0.4, -0.2) is 113 Å². The molecular formula is C36H58N10O9S. The molecule has 2 unspecified atom stereocenters. The van der Waals surface area contributed by atoms with E-state index in [0.717, 1.165) is 0 Å². The number of nitrogens with two attached hydrogens (primary N) is 3. The quantitative estimate of drug-likeness (QED) is 0.0297. The normalized spacial score (nSPS) is 14.1. The van der Waals surface area contributed by atoms with E-state index in [-0.39, 0.29) is 55.6 Å². The van der Waals surface area contributed by atoms with Crippen LogP contribution in [-0.2, 0) is 44.8 Å². The summed E-state index contributed by atoms with van der Waals surface area (Å²) in [5, 5.41) is 25.1. The molecule has 1 rings (SSSR count). The van der Waals surface area contributed by atoms with Gasteiger partial charge < -0.3 is 54.2 Å². The number of Topliss-reactive ketones (excluding diaryl/α,β-unsaturated/α-hetero) is 1. The highest BCUT2D eigenvalue weighted by atomic mass is 32.2. The number of primary amides is 1. The van der Waals surface area contributed by atoms with Gasteiger partial charge in [0.2, 0.25) is 41.4 Å². The molecule has 56 heavy (non-hydrogen) atoms. The number of thioether (sulfide) groups is 1. The molecule has 0 radical (unpaired) electrons. The molecule has 0 bridgehead atoms. The van der Waals surface area contributed by atoms with Crippen molar-refractivity contribution in [2.45, 2.75) is 109 Å². The van der Waals surface area contributed by atoms with Gasteiger partial charge in [0.05, 0.1) is 12.5 Å². The minimum atomic E-state index is -1.47. The third-order valence-corrected chi connectivity index (χ3v) is 8.84. The van der Waals surface area contributed by atoms with Gasteiger partial charge in [0, 0.05) is 19.9 Å². The molecule has 6 atom stereocenters. The second-order valence-electron chi connectivity index (χ2n) is 13.7. The molecule has 7 amide bonds. The number of guanidine groups is 1. The van der Waals surface area contributed by atoms with Crippen LogP contribution in [0.25, 0.3) is 0 Å². The largest absolute Gasteiger partial charge is 0.508 e. The van der Waals surface area contributed by atoms with Crippen molar-refractivity contribution >= 4 is 64.9 Å². The first kappa shape index (κ1) is 48.6. The zero-order valence-electron chi connectivity index (χ0n) is 32.8. The van der Waals surface area contributed by atoms with Gasteiger partial charge in [0.1, 0.15) is 36.0 Å². The average molecular weight is 807 g/mol. The molecule has 0 spiro atoms. The number of ketones is 1. The lowest BCUT2D eigenvalue weighted by Gasteiger charge is -2.27. The summed E-state index contributed by atoms with van der Waals surface area (Å²) in [4.78, 5) is 107. The minimum absolute atomic E-state index is 0.00218. The van der Waals surface area contributed by atoms with Gasteiger partial charge in [-0.1, -0.05) is 26.0 Å². The molecule has 0 saturated heterocycles. The molecule has 0 aromatic heterocycles. The van der Waals surface area contributed by atoms with Crippen LogP contribution in [0, 0.1) is 5.92 Å². The Morgan fingerprint density at radius 1 is 0.696 bits per heavy atom. The number of rotatable bonds is 25. The SMILES string of the molecule is CSCC[C@H](NC(=O)[C@H](CC(N)=O)NC(=O)C(C)NC(=O)[C@H](CCCN=C(N)N)NC(=O)C(Cc1ccc(O)cc1)NC(=O)[C@H](CC(C)C)NC(C)=O)C(C)=O. The van der Waals surface area contributed by atoms with Crippen molar-refractivity contribution < 1.29 is 43.5 Å². The number of hydrogen-bond donors (Lipinski definition) is 10. The predicted molar refractivity (Wildman–Crippen MR) is 212 cm³/mol. The molecule has 1 aromatic carbocycles. The van der Waals surface area contributed by atoms with Crippen molar-refractivity contribution in [1.82, 2.24) is 31.9 Å². The van der Waals surface area contributed by atoms with Crippen LogP contribution in [0.1, 0.15) is 72.3 Å². The highest BCUT2D eigenvalue weighted by molar-refractivity contribution is 7.98. The third kappa shape index (κ3) is 19.3. The number of nitrogens with one attached hydrogen (secondary N) is 6. The van der Waals surface area contributed by atoms with E-state index in [4.69, 9.17) is 17.2 Å². The predicted octanol–water partition coefficient (Wildman–Crippen LogP) is -1.80. The maximum atomic E-state index is 13.9. The summed E-state index contributed by atoms with van der Waals surface area (Å²) in [5.74, 6) is -5.27. The van der Waals surface area contributed by atoms with Crippen LogP contribution in [0.4, 0.5) is 0 Å². The molecule has 0 heterocycles. The summed E-state index contributed by atoms with van der Waals surface area (Å²) in [6.07, 6.45) is 1.92. The lowest BCUT2D eigenvalue weighted by molar-refractivity contribution is -0.135. The van der Waals surface area contributed by atoms with Gasteiger partial charge in [0.25, 0.3) is 0 Å². The Morgan fingerprint density at radius 3 is 1.77 bits per heavy atom. The van der Waals surface area contributed by atoms with Crippen molar-refractivity contribution in [1.29, 1.82) is 0 Å². The number of benzene rings is 1. The average Bonchev–Trinajstić information content (AvgIpc) is 3.10. The number of aliphatic imine (C=N–C) groups is 1. The molecule has 0 saturated carbocycles. The summed E-state index contributed by atoms with van der Waals surface area (Å²) in [6, 6.07) is -1.27. The number of phenolic OH excluding ortho intramolecular Hbond substituents is 1. The molecule has 0 aliphatic rings. The van der Waals surface area contributed by atoms with Gasteiger partial charge in [-0.3, -0.25) is 43.3 Å². The van der Waals surface area contributed by atoms with Crippen molar-refractivity contribution in [3.63, 3.8) is 0 Å². The fraction of sp³-hybridized carbons (Fsp3) is 0.583. The van der Waals surface area contributed by atoms with E-state index in [0.29, 0.717) is 17.7 Å². The number of aromatic hydroxyl groups is 1. The molecule has 20 heteroatoms. The van der Waals surface area contributed by atoms with Crippen LogP contribution in [0.2, 0.25) is 0 Å². The summed E-state index contributed by atoms with van der Waals surface area (Å²) in [7, 11) is 0. The summed E-state index contributed by atoms with van der Waals surface area (Å²) in [5.41, 5.74) is 16.8. The van der Waals surface area contributed by atoms with E-state index in [1.165, 1.54) is 44.7 Å². The summed E-state index contributed by atoms with van der Waals surface area (Å²) < 4.78 is 0. The van der Waals surface area contributed by atoms with Crippen LogP contribution < -0.4 is 49.1 Å². The van der Waals surface area contributed by atoms with Crippen LogP contribution in [0.15, 0.2) is 29.3 Å². The molecule has 1 aromatic rings. The molecule has 312 valence electrons. The standard InChI is InChI=1S/C36H58N10O9S/c1-19(2)16-27(42-22(5)48)33(53)46-28(17-23-9-11-24(49)12-10-23)34(54)44-26(8-7-14-40-36(38)39)32(52)41-20(3)31(51)45-29(18-30(37)50)35(55)43-25(21(4)47)13-15-56-6/h9-12,19-20,25-29,49H,7-8,13-18H2,1-6H3,(H2,37,50)(H,41,52)(H,42,48)(H,43,55)(H,44,54)(H,45,51)(H,46,53)(H4,38,39,40)/t20?,25-,26-,27-,28?,29-/m0/s1. The van der Waals surface area contributed by atoms with E-state index in [2.05, 4.69) is 36.9 Å². The van der Waals surface area contributed by atoms with Gasteiger partial charge in [-0.2, -0.15) is 11.8 Å². The van der Waals surface area contributed by atoms with Crippen molar-refractivity contribution in [3.05, 3.63) is 29.8 Å². The van der Waals surface area contributed by atoms with Crippen molar-refractivity contribution in [2.75, 3.05) is 18.6 Å². The number of hydrogen-bond acceptors (Lipinski definition) is 11. The van der Waals surface area contributed by atoms with Crippen molar-refractivity contribution in [2.24, 2.45) is 28.1 Å². The van der Waals surface area contributed by atoms with E-state index in [1.54, 1.807) is 12.1 Å². The molecule has 13 N–H and O–H groups in total. The second kappa shape index (κ2) is 24.9. The van der Waals surface area contributed by atoms with Crippen LogP contribution in [0.5, 0.6) is 5.75 Å². The Morgan fingerprint density at radius 2 is 1.23 bits per heavy atom. The van der Waals surface area contributed by atoms with Gasteiger partial charge in [-0.25, -0.2) is 0 Å². The molecule has 19 nitrogen and oxygen atoms in total. The van der Waals surface area contributed by atoms with Crippen molar-refractivity contribution in [3.8, 4) is 5.75 Å². The monoisotopic (exact) mass is 806 g/mol. The lowest BCUT2D eigenvalue weighted by atomic mass is 10.0. The van der Waals surface area contributed by atoms with E-state index in [1.807, 2.05) is 20.1 Å². The maximum absolute atomic E-state index is 13.9. The molecule has 0 fully saturated rings. The van der Waals surface area contributed by atoms with Gasteiger partial charge in [0.15, 0.2) is 11.7 Å². The van der Waals surface area contributed by atoms with Gasteiger partial charge in [-0.05, 0) is 75.2 Å². The Bertz CT molecular complexity index is 1550. The lowest BCUT2D eigenvalue weighted by Crippen LogP contribution is -2.59. The fourth-order valence-corrected chi connectivity index (χ4v) is 5.79. The Balaban J connectivity index is 3.33. The molecule has 0 aliphatic heterocycles. The first-order valence-corrected chi connectivity index (χ1v) is 19.5. The minimum Gasteiger partial charge on any atom is -0.508 e. The Hall–Kier alpha value is -5.40. The zero-order chi connectivity index (χ0) is 42.5. The first-order valence-electron chi connectivity index (χ1n) is 18.1. The Kier molecular flexibility index (Phi) is 21.6. The summed E-state index contributed by atoms with van der Waals surface area (Å²) >= 11 is 1.46. The summed E-state index contributed by atoms with van der Waals surface area (Å²) in [6.45, 7) is 7.68. The van der Waals surface area contributed by atoms with Gasteiger partial charge in [-0.15, -0.1) is 0 Å². The van der Waals surface area contributed by atoms with E-state index < -0.39 is 84.0 Å². The number of carbonyl (C=O) groups is 8. The van der Waals surface area contributed by atoms with Gasteiger partial charge >= 0.3 is 0 Å². The highest BCUT2D eigenvalue weighted by Crippen LogP contribution is 2.13. The smallest absolute Gasteiger partial charge is 0.243 e. The number of carbonyl (C=O) groups excluding carboxylic acids is 8. The number of phenols is 1. The molecule has 0 aliphatic carbocycles. The maximum Gasteiger partial charge on any atom is 0.243 e. The van der Waals surface area contributed by atoms with Crippen LogP contribution >= 0.6 is 11.8 Å². The molecular weight excluding hydrogens is 749 g/mol. The van der Waals surface area contributed by atoms with Crippen LogP contribution in [0.3, 0.4) is 0 Å². The number of amides is 7. The first-order chi connectivity index (χ1) is 26.2. The van der Waals surface area contributed by atoms with E-state index in [9.17, 15) is 43.5 Å².